The first-order valence-corrected chi connectivity index (χ1v) is 10.5. The van der Waals surface area contributed by atoms with Crippen LogP contribution in [0.5, 0.6) is 0 Å². The topological polar surface area (TPSA) is 49.9 Å². The van der Waals surface area contributed by atoms with Gasteiger partial charge in [0.1, 0.15) is 5.78 Å². The lowest BCUT2D eigenvalue weighted by atomic mass is 9.56. The van der Waals surface area contributed by atoms with Crippen molar-refractivity contribution in [3.63, 3.8) is 0 Å². The lowest BCUT2D eigenvalue weighted by Crippen LogP contribution is -2.61. The van der Waals surface area contributed by atoms with Gasteiger partial charge in [-0.05, 0) is 63.7 Å². The molecule has 5 nitrogen and oxygen atoms in total. The minimum Gasteiger partial charge on any atom is -0.371 e. The van der Waals surface area contributed by atoms with Crippen molar-refractivity contribution in [1.82, 2.24) is 9.80 Å². The molecule has 2 aliphatic carbocycles. The van der Waals surface area contributed by atoms with E-state index in [1.165, 1.54) is 25.7 Å². The molecule has 4 rings (SSSR count). The summed E-state index contributed by atoms with van der Waals surface area (Å²) in [6.07, 6.45) is 9.47. The molecule has 2 saturated heterocycles. The quantitative estimate of drug-likeness (QED) is 0.758. The van der Waals surface area contributed by atoms with Crippen LogP contribution in [-0.4, -0.2) is 65.9 Å². The Bertz CT molecular complexity index is 552. The second-order valence-corrected chi connectivity index (χ2v) is 9.46. The Hall–Kier alpha value is -0.940. The Kier molecular flexibility index (Phi) is 4.89. The lowest BCUT2D eigenvalue weighted by Gasteiger charge is -2.57. The van der Waals surface area contributed by atoms with Crippen LogP contribution in [0.15, 0.2) is 0 Å². The number of piperidine rings is 1. The first-order valence-electron chi connectivity index (χ1n) is 10.5. The zero-order valence-corrected chi connectivity index (χ0v) is 16.5. The van der Waals surface area contributed by atoms with Crippen LogP contribution in [0.1, 0.15) is 65.2 Å². The number of ether oxygens (including phenoxy) is 1. The van der Waals surface area contributed by atoms with Gasteiger partial charge in [0.2, 0.25) is 5.91 Å². The average Bonchev–Trinajstić information content (AvgIpc) is 2.61. The van der Waals surface area contributed by atoms with Gasteiger partial charge in [-0.1, -0.05) is 0 Å². The van der Waals surface area contributed by atoms with Crippen LogP contribution in [0.2, 0.25) is 0 Å². The molecule has 2 spiro atoms. The van der Waals surface area contributed by atoms with E-state index in [0.717, 1.165) is 57.9 Å². The minimum absolute atomic E-state index is 0.0958. The summed E-state index contributed by atoms with van der Waals surface area (Å²) >= 11 is 0. The van der Waals surface area contributed by atoms with Gasteiger partial charge in [-0.2, -0.15) is 0 Å². The molecule has 0 radical (unpaired) electrons. The van der Waals surface area contributed by atoms with Gasteiger partial charge in [0.05, 0.1) is 12.2 Å². The maximum absolute atomic E-state index is 11.7. The summed E-state index contributed by atoms with van der Waals surface area (Å²) in [6, 6.07) is 0.730. The Morgan fingerprint density at radius 3 is 2.19 bits per heavy atom. The van der Waals surface area contributed by atoms with Crippen LogP contribution in [-0.2, 0) is 14.3 Å². The predicted molar refractivity (Wildman–Crippen MR) is 99.8 cm³/mol. The third-order valence-corrected chi connectivity index (χ3v) is 7.88. The summed E-state index contributed by atoms with van der Waals surface area (Å²) < 4.78 is 6.16. The van der Waals surface area contributed by atoms with Crippen molar-refractivity contribution in [3.8, 4) is 0 Å². The minimum atomic E-state index is -0.0958. The molecule has 0 aromatic heterocycles. The lowest BCUT2D eigenvalue weighted by molar-refractivity contribution is -0.163. The van der Waals surface area contributed by atoms with Gasteiger partial charge < -0.3 is 14.5 Å². The summed E-state index contributed by atoms with van der Waals surface area (Å²) in [5, 5.41) is 0. The van der Waals surface area contributed by atoms with Crippen LogP contribution in [0, 0.1) is 11.3 Å². The molecular formula is C21H34N2O3. The zero-order chi connectivity index (χ0) is 18.4. The smallest absolute Gasteiger partial charge is 0.219 e. The van der Waals surface area contributed by atoms with E-state index < -0.39 is 0 Å². The van der Waals surface area contributed by atoms with Crippen LogP contribution in [0.3, 0.4) is 0 Å². The molecule has 0 N–H and O–H groups in total. The monoisotopic (exact) mass is 362 g/mol. The molecular weight excluding hydrogens is 328 g/mol. The number of Topliss-reactive ketones (excluding diaryl/α,β-unsaturated/α-hetero) is 1. The molecule has 0 bridgehead atoms. The fraction of sp³-hybridized carbons (Fsp3) is 0.905. The van der Waals surface area contributed by atoms with Crippen molar-refractivity contribution < 1.29 is 14.3 Å². The molecule has 26 heavy (non-hydrogen) atoms. The third kappa shape index (κ3) is 3.45. The molecule has 2 aliphatic heterocycles. The van der Waals surface area contributed by atoms with Gasteiger partial charge in [-0.15, -0.1) is 0 Å². The summed E-state index contributed by atoms with van der Waals surface area (Å²) in [5.41, 5.74) is 0.444. The number of hydrogen-bond donors (Lipinski definition) is 0. The van der Waals surface area contributed by atoms with Crippen molar-refractivity contribution in [1.29, 1.82) is 0 Å². The fourth-order valence-electron chi connectivity index (χ4n) is 5.96. The van der Waals surface area contributed by atoms with Crippen molar-refractivity contribution >= 4 is 11.7 Å². The molecule has 4 fully saturated rings. The highest BCUT2D eigenvalue weighted by atomic mass is 16.5. The molecule has 0 aromatic rings. The molecule has 146 valence electrons. The van der Waals surface area contributed by atoms with E-state index in [-0.39, 0.29) is 11.5 Å². The first-order chi connectivity index (χ1) is 12.4. The van der Waals surface area contributed by atoms with Gasteiger partial charge in [0.25, 0.3) is 0 Å². The Labute approximate surface area is 157 Å². The van der Waals surface area contributed by atoms with E-state index in [2.05, 4.69) is 4.90 Å². The molecule has 0 atom stereocenters. The maximum Gasteiger partial charge on any atom is 0.219 e. The molecule has 4 aliphatic rings. The zero-order valence-electron chi connectivity index (χ0n) is 16.5. The SMILES string of the molecule is CC(=O)C1CCC2(CC1)CC(N1CCC3(CC1)CN(C(C)=O)CCO3)C2. The summed E-state index contributed by atoms with van der Waals surface area (Å²) in [4.78, 5) is 28.0. The van der Waals surface area contributed by atoms with E-state index >= 15 is 0 Å². The van der Waals surface area contributed by atoms with Gasteiger partial charge in [-0.25, -0.2) is 0 Å². The highest BCUT2D eigenvalue weighted by Crippen LogP contribution is 2.54. The van der Waals surface area contributed by atoms with Crippen molar-refractivity contribution in [2.45, 2.75) is 76.9 Å². The molecule has 1 amide bonds. The number of likely N-dealkylation sites (tertiary alicyclic amines) is 1. The normalized spacial score (nSPS) is 37.5. The molecule has 2 saturated carbocycles. The second-order valence-electron chi connectivity index (χ2n) is 9.46. The van der Waals surface area contributed by atoms with Crippen molar-refractivity contribution in [3.05, 3.63) is 0 Å². The Balaban J connectivity index is 1.25. The second kappa shape index (κ2) is 6.90. The van der Waals surface area contributed by atoms with Gasteiger partial charge in [-0.3, -0.25) is 9.59 Å². The fourth-order valence-corrected chi connectivity index (χ4v) is 5.96. The summed E-state index contributed by atoms with van der Waals surface area (Å²) in [5.74, 6) is 0.906. The van der Waals surface area contributed by atoms with E-state index in [1.807, 2.05) is 4.90 Å². The van der Waals surface area contributed by atoms with Crippen molar-refractivity contribution in [2.75, 3.05) is 32.8 Å². The molecule has 0 aromatic carbocycles. The number of carbonyl (C=O) groups is 2. The summed E-state index contributed by atoms with van der Waals surface area (Å²) in [7, 11) is 0. The largest absolute Gasteiger partial charge is 0.371 e. The van der Waals surface area contributed by atoms with E-state index in [9.17, 15) is 9.59 Å². The average molecular weight is 363 g/mol. The maximum atomic E-state index is 11.7. The Morgan fingerprint density at radius 1 is 0.962 bits per heavy atom. The third-order valence-electron chi connectivity index (χ3n) is 7.88. The number of nitrogens with zero attached hydrogens (tertiary/aromatic N) is 2. The van der Waals surface area contributed by atoms with Crippen molar-refractivity contribution in [2.24, 2.45) is 11.3 Å². The van der Waals surface area contributed by atoms with Crippen LogP contribution in [0.4, 0.5) is 0 Å². The van der Waals surface area contributed by atoms with Gasteiger partial charge in [0.15, 0.2) is 0 Å². The van der Waals surface area contributed by atoms with E-state index in [1.54, 1.807) is 13.8 Å². The molecule has 2 heterocycles. The van der Waals surface area contributed by atoms with E-state index in [0.29, 0.717) is 23.7 Å². The molecule has 5 heteroatoms. The number of hydrogen-bond acceptors (Lipinski definition) is 4. The van der Waals surface area contributed by atoms with Crippen LogP contribution in [0.25, 0.3) is 0 Å². The highest BCUT2D eigenvalue weighted by molar-refractivity contribution is 5.78. The number of carbonyl (C=O) groups excluding carboxylic acids is 2. The first kappa shape index (κ1) is 18.4. The number of ketones is 1. The molecule has 0 unspecified atom stereocenters. The van der Waals surface area contributed by atoms with Crippen LogP contribution < -0.4 is 0 Å². The van der Waals surface area contributed by atoms with E-state index in [4.69, 9.17) is 4.74 Å². The number of rotatable bonds is 2. The number of amides is 1. The van der Waals surface area contributed by atoms with Gasteiger partial charge in [0, 0.05) is 45.1 Å². The Morgan fingerprint density at radius 2 is 1.62 bits per heavy atom. The number of morpholine rings is 1. The predicted octanol–water partition coefficient (Wildman–Crippen LogP) is 2.63. The van der Waals surface area contributed by atoms with Crippen LogP contribution >= 0.6 is 0 Å². The standard InChI is InChI=1S/C21H34N2O3/c1-16(24)18-3-5-20(6-4-18)13-19(14-20)22-9-7-21(8-10-22)15-23(17(2)25)11-12-26-21/h18-19H,3-15H2,1-2H3. The summed E-state index contributed by atoms with van der Waals surface area (Å²) in [6.45, 7) is 7.83. The van der Waals surface area contributed by atoms with Gasteiger partial charge >= 0.3 is 0 Å². The highest BCUT2D eigenvalue weighted by Gasteiger charge is 2.50.